The van der Waals surface area contributed by atoms with Crippen LogP contribution in [0.2, 0.25) is 0 Å². The third-order valence-electron chi connectivity index (χ3n) is 3.77. The molecule has 20 heavy (non-hydrogen) atoms. The van der Waals surface area contributed by atoms with Gasteiger partial charge in [-0.15, -0.1) is 0 Å². The van der Waals surface area contributed by atoms with Gasteiger partial charge in [0.1, 0.15) is 29.8 Å². The van der Waals surface area contributed by atoms with Gasteiger partial charge in [-0.1, -0.05) is 25.6 Å². The summed E-state index contributed by atoms with van der Waals surface area (Å²) in [6, 6.07) is -0.468. The molecule has 0 unspecified atom stereocenters. The van der Waals surface area contributed by atoms with Crippen LogP contribution in [0.15, 0.2) is 4.99 Å². The van der Waals surface area contributed by atoms with Gasteiger partial charge < -0.3 is 25.0 Å². The van der Waals surface area contributed by atoms with E-state index in [1.165, 1.54) is 11.8 Å². The van der Waals surface area contributed by atoms with Crippen LogP contribution in [0.4, 0.5) is 0 Å². The van der Waals surface area contributed by atoms with E-state index >= 15 is 0 Å². The van der Waals surface area contributed by atoms with E-state index in [1.54, 1.807) is 0 Å². The monoisotopic (exact) mass is 304 g/mol. The Morgan fingerprint density at radius 1 is 1.35 bits per heavy atom. The van der Waals surface area contributed by atoms with Crippen molar-refractivity contribution in [1.29, 1.82) is 0 Å². The molecule has 0 aliphatic carbocycles. The molecule has 3 N–H and O–H groups in total. The van der Waals surface area contributed by atoms with Crippen molar-refractivity contribution in [3.05, 3.63) is 0 Å². The van der Waals surface area contributed by atoms with Gasteiger partial charge in [-0.05, 0) is 12.8 Å². The Morgan fingerprint density at radius 2 is 2.05 bits per heavy atom. The molecule has 0 amide bonds. The maximum atomic E-state index is 10.2. The molecule has 2 rings (SSSR count). The molecule has 116 valence electrons. The number of nitrogens with zero attached hydrogens (tertiary/aromatic N) is 2. The second kappa shape index (κ2) is 6.62. The SMILES string of the molecule is CCCN(C)C1=N[C@@H]2[C@@H](O)[C@H](O)[C@@H]([C@@H](O)CC)O[C@@H]2S1. The molecule has 2 heterocycles. The van der Waals surface area contributed by atoms with Gasteiger partial charge in [0.15, 0.2) is 5.17 Å². The van der Waals surface area contributed by atoms with Crippen LogP contribution in [0.1, 0.15) is 26.7 Å². The fraction of sp³-hybridized carbons (Fsp3) is 0.923. The van der Waals surface area contributed by atoms with E-state index in [0.717, 1.165) is 18.1 Å². The average molecular weight is 304 g/mol. The molecular formula is C13H24N2O4S. The molecule has 0 aromatic rings. The third kappa shape index (κ3) is 2.96. The first-order chi connectivity index (χ1) is 9.49. The Labute approximate surface area is 123 Å². The number of rotatable bonds is 4. The topological polar surface area (TPSA) is 85.5 Å². The Bertz CT molecular complexity index is 368. The van der Waals surface area contributed by atoms with Crippen LogP contribution in [-0.2, 0) is 4.74 Å². The fourth-order valence-corrected chi connectivity index (χ4v) is 3.75. The molecule has 2 aliphatic rings. The van der Waals surface area contributed by atoms with E-state index in [9.17, 15) is 15.3 Å². The first kappa shape index (κ1) is 16.0. The first-order valence-corrected chi connectivity index (χ1v) is 8.02. The van der Waals surface area contributed by atoms with E-state index in [2.05, 4.69) is 11.9 Å². The molecule has 0 saturated carbocycles. The van der Waals surface area contributed by atoms with Crippen LogP contribution < -0.4 is 0 Å². The zero-order valence-electron chi connectivity index (χ0n) is 12.1. The summed E-state index contributed by atoms with van der Waals surface area (Å²) in [7, 11) is 1.95. The van der Waals surface area contributed by atoms with Gasteiger partial charge in [0.25, 0.3) is 0 Å². The summed E-state index contributed by atoms with van der Waals surface area (Å²) < 4.78 is 5.77. The molecule has 0 spiro atoms. The van der Waals surface area contributed by atoms with Crippen LogP contribution >= 0.6 is 11.8 Å². The van der Waals surface area contributed by atoms with Crippen molar-refractivity contribution < 1.29 is 20.1 Å². The van der Waals surface area contributed by atoms with Crippen molar-refractivity contribution in [2.75, 3.05) is 13.6 Å². The molecule has 1 fully saturated rings. The Kier molecular flexibility index (Phi) is 5.30. The lowest BCUT2D eigenvalue weighted by Crippen LogP contribution is -2.58. The molecule has 1 saturated heterocycles. The molecule has 0 aromatic carbocycles. The van der Waals surface area contributed by atoms with E-state index in [1.807, 2.05) is 18.9 Å². The zero-order chi connectivity index (χ0) is 14.9. The Hall–Kier alpha value is -0.340. The van der Waals surface area contributed by atoms with Gasteiger partial charge in [0.2, 0.25) is 0 Å². The summed E-state index contributed by atoms with van der Waals surface area (Å²) >= 11 is 1.45. The van der Waals surface area contributed by atoms with E-state index in [-0.39, 0.29) is 5.44 Å². The molecule has 6 nitrogen and oxygen atoms in total. The van der Waals surface area contributed by atoms with Gasteiger partial charge in [-0.2, -0.15) is 0 Å². The van der Waals surface area contributed by atoms with Crippen LogP contribution in [0.3, 0.4) is 0 Å². The third-order valence-corrected chi connectivity index (χ3v) is 5.02. The zero-order valence-corrected chi connectivity index (χ0v) is 13.0. The van der Waals surface area contributed by atoms with Crippen molar-refractivity contribution in [3.63, 3.8) is 0 Å². The van der Waals surface area contributed by atoms with Crippen LogP contribution in [-0.4, -0.2) is 74.9 Å². The van der Waals surface area contributed by atoms with Crippen molar-refractivity contribution >= 4 is 16.9 Å². The maximum absolute atomic E-state index is 10.2. The molecule has 0 bridgehead atoms. The second-order valence-corrected chi connectivity index (χ2v) is 6.43. The fourth-order valence-electron chi connectivity index (χ4n) is 2.54. The second-order valence-electron chi connectivity index (χ2n) is 5.37. The summed E-state index contributed by atoms with van der Waals surface area (Å²) in [5, 5.41) is 31.0. The highest BCUT2D eigenvalue weighted by Crippen LogP contribution is 2.38. The summed E-state index contributed by atoms with van der Waals surface area (Å²) in [6.45, 7) is 4.79. The predicted octanol–water partition coefficient (Wildman–Crippen LogP) is 0.0172. The van der Waals surface area contributed by atoms with E-state index in [0.29, 0.717) is 6.42 Å². The van der Waals surface area contributed by atoms with Gasteiger partial charge >= 0.3 is 0 Å². The molecule has 7 heteroatoms. The van der Waals surface area contributed by atoms with Crippen molar-refractivity contribution in [2.24, 2.45) is 4.99 Å². The van der Waals surface area contributed by atoms with Crippen molar-refractivity contribution in [1.82, 2.24) is 4.90 Å². The predicted molar refractivity (Wildman–Crippen MR) is 78.7 cm³/mol. The minimum Gasteiger partial charge on any atom is -0.390 e. The molecular weight excluding hydrogens is 280 g/mol. The summed E-state index contributed by atoms with van der Waals surface area (Å²) in [5.74, 6) is 0. The van der Waals surface area contributed by atoms with Crippen LogP contribution in [0.5, 0.6) is 0 Å². The van der Waals surface area contributed by atoms with Crippen LogP contribution in [0.25, 0.3) is 0 Å². The van der Waals surface area contributed by atoms with Crippen molar-refractivity contribution in [3.8, 4) is 0 Å². The molecule has 0 radical (unpaired) electrons. The number of aliphatic hydroxyl groups is 3. The lowest BCUT2D eigenvalue weighted by atomic mass is 9.94. The number of hydrogen-bond donors (Lipinski definition) is 3. The Balaban J connectivity index is 2.09. The van der Waals surface area contributed by atoms with Crippen molar-refractivity contribution in [2.45, 2.75) is 62.6 Å². The highest BCUT2D eigenvalue weighted by atomic mass is 32.2. The largest absolute Gasteiger partial charge is 0.390 e. The highest BCUT2D eigenvalue weighted by Gasteiger charge is 2.50. The minimum absolute atomic E-state index is 0.339. The first-order valence-electron chi connectivity index (χ1n) is 7.14. The standard InChI is InChI=1S/C13H24N2O4S/c1-4-6-15(3)13-14-8-9(17)10(18)11(7(16)5-2)19-12(8)20-13/h7-12,16-18H,4-6H2,1-3H3/t7-,8+,9+,10-,11+,12+/m0/s1. The number of fused-ring (bicyclic) bond motifs is 1. The van der Waals surface area contributed by atoms with E-state index in [4.69, 9.17) is 4.74 Å². The molecule has 2 aliphatic heterocycles. The van der Waals surface area contributed by atoms with Gasteiger partial charge in [0, 0.05) is 13.6 Å². The number of thioether (sulfide) groups is 1. The quantitative estimate of drug-likeness (QED) is 0.679. The molecule has 0 aromatic heterocycles. The summed E-state index contributed by atoms with van der Waals surface area (Å²) in [5.41, 5.74) is -0.339. The van der Waals surface area contributed by atoms with Gasteiger partial charge in [-0.25, -0.2) is 0 Å². The van der Waals surface area contributed by atoms with Crippen LogP contribution in [0, 0.1) is 0 Å². The Morgan fingerprint density at radius 3 is 2.65 bits per heavy atom. The lowest BCUT2D eigenvalue weighted by molar-refractivity contribution is -0.185. The maximum Gasteiger partial charge on any atom is 0.162 e. The average Bonchev–Trinajstić information content (AvgIpc) is 2.86. The summed E-state index contributed by atoms with van der Waals surface area (Å²) in [4.78, 5) is 6.49. The number of aliphatic imine (C=N–C) groups is 1. The number of aliphatic hydroxyl groups excluding tert-OH is 3. The smallest absolute Gasteiger partial charge is 0.162 e. The summed E-state index contributed by atoms with van der Waals surface area (Å²) in [6.07, 6.45) is -2.16. The number of amidine groups is 1. The molecule has 6 atom stereocenters. The number of hydrogen-bond acceptors (Lipinski definition) is 7. The normalized spacial score (nSPS) is 38.3. The minimum atomic E-state index is -1.11. The highest BCUT2D eigenvalue weighted by molar-refractivity contribution is 8.14. The van der Waals surface area contributed by atoms with E-state index < -0.39 is 30.5 Å². The lowest BCUT2D eigenvalue weighted by Gasteiger charge is -2.40. The number of ether oxygens (including phenoxy) is 1. The van der Waals surface area contributed by atoms with Gasteiger partial charge in [-0.3, -0.25) is 4.99 Å². The van der Waals surface area contributed by atoms with Gasteiger partial charge in [0.05, 0.1) is 6.10 Å².